The number of rotatable bonds is 4. The van der Waals surface area contributed by atoms with Crippen molar-refractivity contribution in [3.63, 3.8) is 0 Å². The number of sulfonamides is 1. The van der Waals surface area contributed by atoms with Crippen molar-refractivity contribution < 1.29 is 23.1 Å². The molecular formula is C13H17NO5S. The summed E-state index contributed by atoms with van der Waals surface area (Å²) in [5.74, 6) is -0.885. The van der Waals surface area contributed by atoms with Crippen LogP contribution in [0.5, 0.6) is 5.75 Å². The fourth-order valence-electron chi connectivity index (χ4n) is 2.39. The van der Waals surface area contributed by atoms with Crippen LogP contribution in [0.25, 0.3) is 0 Å². The zero-order chi connectivity index (χ0) is 14.9. The van der Waals surface area contributed by atoms with Crippen LogP contribution in [0.1, 0.15) is 18.4 Å². The SMILES string of the molecule is COc1ccc(C)cc1S(=O)(=O)N1CCC[C@@H]1C(=O)O. The van der Waals surface area contributed by atoms with Crippen molar-refractivity contribution in [2.75, 3.05) is 13.7 Å². The van der Waals surface area contributed by atoms with E-state index in [2.05, 4.69) is 0 Å². The van der Waals surface area contributed by atoms with E-state index in [4.69, 9.17) is 9.84 Å². The maximum atomic E-state index is 12.7. The molecule has 2 rings (SSSR count). The molecule has 1 saturated heterocycles. The van der Waals surface area contributed by atoms with E-state index in [9.17, 15) is 13.2 Å². The highest BCUT2D eigenvalue weighted by molar-refractivity contribution is 7.89. The molecule has 1 atom stereocenters. The lowest BCUT2D eigenvalue weighted by atomic mass is 10.2. The molecule has 0 amide bonds. The standard InChI is InChI=1S/C13H17NO5S/c1-9-5-6-11(19-2)12(8-9)20(17,18)14-7-3-4-10(14)13(15)16/h5-6,8,10H,3-4,7H2,1-2H3,(H,15,16)/t10-/m1/s1. The first-order valence-electron chi connectivity index (χ1n) is 6.27. The quantitative estimate of drug-likeness (QED) is 0.904. The summed E-state index contributed by atoms with van der Waals surface area (Å²) in [5, 5.41) is 9.14. The number of carbonyl (C=O) groups is 1. The first-order valence-corrected chi connectivity index (χ1v) is 7.71. The Labute approximate surface area is 118 Å². The second kappa shape index (κ2) is 5.41. The fourth-order valence-corrected chi connectivity index (χ4v) is 4.28. The minimum absolute atomic E-state index is 0.0214. The number of nitrogens with zero attached hydrogens (tertiary/aromatic N) is 1. The van der Waals surface area contributed by atoms with Gasteiger partial charge in [0, 0.05) is 6.54 Å². The van der Waals surface area contributed by atoms with Gasteiger partial charge < -0.3 is 9.84 Å². The van der Waals surface area contributed by atoms with E-state index in [-0.39, 0.29) is 17.2 Å². The van der Waals surface area contributed by atoms with Gasteiger partial charge in [-0.2, -0.15) is 4.31 Å². The number of carboxylic acid groups (broad SMARTS) is 1. The molecule has 0 spiro atoms. The molecular weight excluding hydrogens is 282 g/mol. The van der Waals surface area contributed by atoms with E-state index in [1.165, 1.54) is 13.2 Å². The van der Waals surface area contributed by atoms with Gasteiger partial charge in [0.15, 0.2) is 0 Å². The second-order valence-electron chi connectivity index (χ2n) is 4.77. The van der Waals surface area contributed by atoms with Crippen LogP contribution in [0, 0.1) is 6.92 Å². The summed E-state index contributed by atoms with van der Waals surface area (Å²) in [4.78, 5) is 11.2. The van der Waals surface area contributed by atoms with Crippen LogP contribution in [0.15, 0.2) is 23.1 Å². The van der Waals surface area contributed by atoms with Gasteiger partial charge in [0.25, 0.3) is 0 Å². The molecule has 1 aromatic rings. The number of hydrogen-bond acceptors (Lipinski definition) is 4. The number of aryl methyl sites for hydroxylation is 1. The summed E-state index contributed by atoms with van der Waals surface area (Å²) >= 11 is 0. The van der Waals surface area contributed by atoms with Crippen molar-refractivity contribution in [2.45, 2.75) is 30.7 Å². The van der Waals surface area contributed by atoms with Crippen molar-refractivity contribution in [3.05, 3.63) is 23.8 Å². The first kappa shape index (κ1) is 14.8. The largest absolute Gasteiger partial charge is 0.495 e. The predicted molar refractivity (Wildman–Crippen MR) is 72.3 cm³/mol. The Morgan fingerprint density at radius 1 is 1.45 bits per heavy atom. The zero-order valence-electron chi connectivity index (χ0n) is 11.4. The molecule has 1 aliphatic rings. The number of aliphatic carboxylic acids is 1. The Hall–Kier alpha value is -1.60. The molecule has 1 N–H and O–H groups in total. The molecule has 0 unspecified atom stereocenters. The number of hydrogen-bond donors (Lipinski definition) is 1. The summed E-state index contributed by atoms with van der Waals surface area (Å²) in [6.45, 7) is 1.99. The summed E-state index contributed by atoms with van der Waals surface area (Å²) < 4.78 is 31.5. The van der Waals surface area contributed by atoms with Gasteiger partial charge in [-0.1, -0.05) is 6.07 Å². The average Bonchev–Trinajstić information content (AvgIpc) is 2.88. The minimum atomic E-state index is -3.87. The van der Waals surface area contributed by atoms with Crippen LogP contribution in [-0.4, -0.2) is 43.5 Å². The fraction of sp³-hybridized carbons (Fsp3) is 0.462. The molecule has 0 radical (unpaired) electrons. The molecule has 7 heteroatoms. The lowest BCUT2D eigenvalue weighted by molar-refractivity contribution is -0.140. The highest BCUT2D eigenvalue weighted by Gasteiger charge is 2.40. The van der Waals surface area contributed by atoms with Crippen LogP contribution in [0.2, 0.25) is 0 Å². The van der Waals surface area contributed by atoms with Crippen LogP contribution >= 0.6 is 0 Å². The second-order valence-corrected chi connectivity index (χ2v) is 6.63. The summed E-state index contributed by atoms with van der Waals surface area (Å²) in [6, 6.07) is 3.83. The Morgan fingerprint density at radius 2 is 2.15 bits per heavy atom. The van der Waals surface area contributed by atoms with Crippen LogP contribution in [0.4, 0.5) is 0 Å². The summed E-state index contributed by atoms with van der Waals surface area (Å²) in [7, 11) is -2.48. The van der Waals surface area contributed by atoms with Gasteiger partial charge in [-0.15, -0.1) is 0 Å². The van der Waals surface area contributed by atoms with Crippen LogP contribution < -0.4 is 4.74 Å². The minimum Gasteiger partial charge on any atom is -0.495 e. The van der Waals surface area contributed by atoms with Gasteiger partial charge in [0.1, 0.15) is 16.7 Å². The van der Waals surface area contributed by atoms with E-state index in [1.54, 1.807) is 19.1 Å². The Bertz CT molecular complexity index is 626. The zero-order valence-corrected chi connectivity index (χ0v) is 12.2. The number of ether oxygens (including phenoxy) is 1. The van der Waals surface area contributed by atoms with Crippen molar-refractivity contribution in [1.29, 1.82) is 0 Å². The van der Waals surface area contributed by atoms with Crippen molar-refractivity contribution in [1.82, 2.24) is 4.31 Å². The third kappa shape index (κ3) is 2.51. The van der Waals surface area contributed by atoms with Crippen LogP contribution in [0.3, 0.4) is 0 Å². The topological polar surface area (TPSA) is 83.9 Å². The predicted octanol–water partition coefficient (Wildman–Crippen LogP) is 1.24. The van der Waals surface area contributed by atoms with Crippen LogP contribution in [-0.2, 0) is 14.8 Å². The first-order chi connectivity index (χ1) is 9.37. The van der Waals surface area contributed by atoms with E-state index in [0.29, 0.717) is 12.8 Å². The molecule has 6 nitrogen and oxygen atoms in total. The number of methoxy groups -OCH3 is 1. The monoisotopic (exact) mass is 299 g/mol. The molecule has 0 aromatic heterocycles. The summed E-state index contributed by atoms with van der Waals surface area (Å²) in [6.07, 6.45) is 0.882. The Morgan fingerprint density at radius 3 is 2.75 bits per heavy atom. The van der Waals surface area contributed by atoms with Crippen molar-refractivity contribution in [2.24, 2.45) is 0 Å². The molecule has 0 saturated carbocycles. The van der Waals surface area contributed by atoms with E-state index in [0.717, 1.165) is 9.87 Å². The van der Waals surface area contributed by atoms with Gasteiger partial charge in [-0.05, 0) is 37.5 Å². The van der Waals surface area contributed by atoms with E-state index in [1.807, 2.05) is 0 Å². The van der Waals surface area contributed by atoms with E-state index >= 15 is 0 Å². The third-order valence-corrected chi connectivity index (χ3v) is 5.32. The Kier molecular flexibility index (Phi) is 4.01. The van der Waals surface area contributed by atoms with Crippen molar-refractivity contribution >= 4 is 16.0 Å². The molecule has 1 fully saturated rings. The maximum Gasteiger partial charge on any atom is 0.322 e. The van der Waals surface area contributed by atoms with E-state index < -0.39 is 22.0 Å². The lowest BCUT2D eigenvalue weighted by Gasteiger charge is -2.22. The number of carboxylic acids is 1. The molecule has 110 valence electrons. The molecule has 20 heavy (non-hydrogen) atoms. The maximum absolute atomic E-state index is 12.7. The average molecular weight is 299 g/mol. The smallest absolute Gasteiger partial charge is 0.322 e. The van der Waals surface area contributed by atoms with Gasteiger partial charge in [0.2, 0.25) is 10.0 Å². The summed E-state index contributed by atoms with van der Waals surface area (Å²) in [5.41, 5.74) is 0.774. The van der Waals surface area contributed by atoms with Gasteiger partial charge >= 0.3 is 5.97 Å². The number of benzene rings is 1. The highest BCUT2D eigenvalue weighted by atomic mass is 32.2. The molecule has 1 heterocycles. The molecule has 0 bridgehead atoms. The Balaban J connectivity index is 2.50. The molecule has 1 aliphatic heterocycles. The highest BCUT2D eigenvalue weighted by Crippen LogP contribution is 2.32. The van der Waals surface area contributed by atoms with Gasteiger partial charge in [0.05, 0.1) is 7.11 Å². The normalized spacial score (nSPS) is 20.0. The lowest BCUT2D eigenvalue weighted by Crippen LogP contribution is -2.40. The van der Waals surface area contributed by atoms with Gasteiger partial charge in [-0.3, -0.25) is 4.79 Å². The van der Waals surface area contributed by atoms with Gasteiger partial charge in [-0.25, -0.2) is 8.42 Å². The van der Waals surface area contributed by atoms with Crippen molar-refractivity contribution in [3.8, 4) is 5.75 Å². The molecule has 0 aliphatic carbocycles. The third-order valence-electron chi connectivity index (χ3n) is 3.39. The molecule has 1 aromatic carbocycles.